The van der Waals surface area contributed by atoms with Crippen molar-refractivity contribution in [2.45, 2.75) is 6.54 Å². The van der Waals surface area contributed by atoms with Crippen molar-refractivity contribution in [3.63, 3.8) is 0 Å². The van der Waals surface area contributed by atoms with E-state index in [2.05, 4.69) is 10.9 Å². The minimum Gasteiger partial charge on any atom is -0.451 e. The lowest BCUT2D eigenvalue weighted by Gasteiger charge is -2.07. The number of nitrogens with zero attached hydrogens (tertiary/aromatic N) is 1. The average Bonchev–Trinajstić information content (AvgIpc) is 2.98. The van der Waals surface area contributed by atoms with Crippen LogP contribution >= 0.6 is 11.6 Å². The Morgan fingerprint density at radius 1 is 1.12 bits per heavy atom. The fraction of sp³-hybridized carbons (Fsp3) is 0.0625. The fourth-order valence-corrected chi connectivity index (χ4v) is 2.28. The minimum atomic E-state index is -0.615. The van der Waals surface area contributed by atoms with E-state index in [1.807, 2.05) is 0 Å². The second-order valence-corrected chi connectivity index (χ2v) is 5.40. The van der Waals surface area contributed by atoms with Gasteiger partial charge in [0.25, 0.3) is 11.5 Å². The van der Waals surface area contributed by atoms with E-state index < -0.39 is 11.8 Å². The molecule has 7 nitrogen and oxygen atoms in total. The third kappa shape index (κ3) is 3.47. The minimum absolute atomic E-state index is 0.0319. The predicted octanol–water partition coefficient (Wildman–Crippen LogP) is 1.71. The van der Waals surface area contributed by atoms with Gasteiger partial charge < -0.3 is 8.98 Å². The number of nitrogens with one attached hydrogen (secondary N) is 2. The van der Waals surface area contributed by atoms with Gasteiger partial charge in [-0.3, -0.25) is 25.2 Å². The second-order valence-electron chi connectivity index (χ2n) is 4.96. The number of hydrogen-bond donors (Lipinski definition) is 2. The zero-order valence-electron chi connectivity index (χ0n) is 12.3. The van der Waals surface area contributed by atoms with Crippen LogP contribution in [0.15, 0.2) is 57.9 Å². The lowest BCUT2D eigenvalue weighted by atomic mass is 10.2. The van der Waals surface area contributed by atoms with E-state index in [9.17, 15) is 14.4 Å². The van der Waals surface area contributed by atoms with E-state index in [0.717, 1.165) is 0 Å². The summed E-state index contributed by atoms with van der Waals surface area (Å²) in [6.07, 6.45) is 1.48. The highest BCUT2D eigenvalue weighted by Crippen LogP contribution is 2.22. The van der Waals surface area contributed by atoms with Crippen molar-refractivity contribution in [2.75, 3.05) is 0 Å². The first-order chi connectivity index (χ1) is 11.5. The highest BCUT2D eigenvalue weighted by Gasteiger charge is 2.13. The number of rotatable bonds is 3. The zero-order valence-corrected chi connectivity index (χ0v) is 13.0. The molecule has 3 rings (SSSR count). The first-order valence-electron chi connectivity index (χ1n) is 6.97. The van der Waals surface area contributed by atoms with Crippen molar-refractivity contribution in [2.24, 2.45) is 0 Å². The molecule has 24 heavy (non-hydrogen) atoms. The third-order valence-electron chi connectivity index (χ3n) is 3.23. The molecule has 2 N–H and O–H groups in total. The summed E-state index contributed by atoms with van der Waals surface area (Å²) >= 11 is 5.87. The highest BCUT2D eigenvalue weighted by atomic mass is 35.5. The summed E-state index contributed by atoms with van der Waals surface area (Å²) < 4.78 is 6.59. The van der Waals surface area contributed by atoms with Gasteiger partial charge in [-0.2, -0.15) is 0 Å². The van der Waals surface area contributed by atoms with Crippen molar-refractivity contribution in [1.82, 2.24) is 15.4 Å². The van der Waals surface area contributed by atoms with E-state index in [1.165, 1.54) is 22.9 Å². The molecule has 1 aromatic carbocycles. The molecule has 8 heteroatoms. The van der Waals surface area contributed by atoms with E-state index in [-0.39, 0.29) is 17.9 Å². The quantitative estimate of drug-likeness (QED) is 0.707. The van der Waals surface area contributed by atoms with Crippen molar-refractivity contribution >= 4 is 34.4 Å². The summed E-state index contributed by atoms with van der Waals surface area (Å²) in [5.74, 6) is -1.13. The van der Waals surface area contributed by atoms with Crippen LogP contribution in [0.3, 0.4) is 0 Å². The standard InChI is InChI=1S/C16H12ClN3O4/c17-11-4-5-12-10(7-11)8-13(24-12)16(23)19-18-14(21)9-20-6-2-1-3-15(20)22/h1-8H,9H2,(H,18,21)(H,19,23). The van der Waals surface area contributed by atoms with Crippen LogP contribution in [0.1, 0.15) is 10.6 Å². The molecule has 0 aliphatic carbocycles. The van der Waals surface area contributed by atoms with Gasteiger partial charge in [0.2, 0.25) is 0 Å². The van der Waals surface area contributed by atoms with Crippen LogP contribution in [-0.4, -0.2) is 16.4 Å². The smallest absolute Gasteiger partial charge is 0.305 e. The van der Waals surface area contributed by atoms with E-state index in [0.29, 0.717) is 16.0 Å². The van der Waals surface area contributed by atoms with Gasteiger partial charge >= 0.3 is 5.91 Å². The molecule has 0 spiro atoms. The van der Waals surface area contributed by atoms with Crippen LogP contribution in [0, 0.1) is 0 Å². The Morgan fingerprint density at radius 2 is 1.96 bits per heavy atom. The zero-order chi connectivity index (χ0) is 17.1. The van der Waals surface area contributed by atoms with Crippen LogP contribution < -0.4 is 16.4 Å². The number of carbonyl (C=O) groups excluding carboxylic acids is 2. The van der Waals surface area contributed by atoms with E-state index in [1.54, 1.807) is 30.3 Å². The predicted molar refractivity (Wildman–Crippen MR) is 87.5 cm³/mol. The number of amides is 2. The molecule has 0 unspecified atom stereocenters. The van der Waals surface area contributed by atoms with Crippen LogP contribution in [0.2, 0.25) is 5.02 Å². The molecule has 122 valence electrons. The van der Waals surface area contributed by atoms with Crippen molar-refractivity contribution in [3.05, 3.63) is 69.8 Å². The third-order valence-corrected chi connectivity index (χ3v) is 3.47. The number of aromatic nitrogens is 1. The number of benzene rings is 1. The van der Waals surface area contributed by atoms with Gasteiger partial charge in [-0.05, 0) is 30.3 Å². The first-order valence-corrected chi connectivity index (χ1v) is 7.34. The van der Waals surface area contributed by atoms with Crippen LogP contribution in [0.5, 0.6) is 0 Å². The number of carbonyl (C=O) groups is 2. The Balaban J connectivity index is 1.63. The highest BCUT2D eigenvalue weighted by molar-refractivity contribution is 6.31. The van der Waals surface area contributed by atoms with Gasteiger partial charge in [-0.1, -0.05) is 17.7 Å². The lowest BCUT2D eigenvalue weighted by molar-refractivity contribution is -0.122. The second kappa shape index (κ2) is 6.59. The van der Waals surface area contributed by atoms with E-state index >= 15 is 0 Å². The molecule has 0 aliphatic rings. The van der Waals surface area contributed by atoms with Crippen molar-refractivity contribution in [3.8, 4) is 0 Å². The summed E-state index contributed by atoms with van der Waals surface area (Å²) in [5, 5.41) is 1.20. The summed E-state index contributed by atoms with van der Waals surface area (Å²) in [6, 6.07) is 11.0. The molecule has 3 aromatic rings. The topological polar surface area (TPSA) is 93.3 Å². The number of pyridine rings is 1. The molecule has 2 amide bonds. The lowest BCUT2D eigenvalue weighted by Crippen LogP contribution is -2.44. The van der Waals surface area contributed by atoms with E-state index in [4.69, 9.17) is 16.0 Å². The number of hydrazine groups is 1. The number of hydrogen-bond acceptors (Lipinski definition) is 4. The van der Waals surface area contributed by atoms with Gasteiger partial charge in [-0.25, -0.2) is 0 Å². The summed E-state index contributed by atoms with van der Waals surface area (Å²) in [6.45, 7) is -0.213. The molecular formula is C16H12ClN3O4. The molecule has 0 saturated carbocycles. The van der Waals surface area contributed by atoms with Gasteiger partial charge in [0.15, 0.2) is 5.76 Å². The largest absolute Gasteiger partial charge is 0.451 e. The molecule has 0 fully saturated rings. The Morgan fingerprint density at radius 3 is 2.75 bits per heavy atom. The first kappa shape index (κ1) is 15.8. The Kier molecular flexibility index (Phi) is 4.35. The van der Waals surface area contributed by atoms with Crippen molar-refractivity contribution in [1.29, 1.82) is 0 Å². The maximum Gasteiger partial charge on any atom is 0.305 e. The Bertz CT molecular complexity index is 977. The van der Waals surface area contributed by atoms with Crippen LogP contribution in [0.25, 0.3) is 11.0 Å². The molecule has 0 bridgehead atoms. The fourth-order valence-electron chi connectivity index (χ4n) is 2.10. The summed E-state index contributed by atoms with van der Waals surface area (Å²) in [7, 11) is 0. The molecule has 0 radical (unpaired) electrons. The number of furan rings is 1. The summed E-state index contributed by atoms with van der Waals surface area (Å²) in [4.78, 5) is 35.3. The van der Waals surface area contributed by atoms with Gasteiger partial charge in [0, 0.05) is 22.7 Å². The Labute approximate surface area is 140 Å². The van der Waals surface area contributed by atoms with Gasteiger partial charge in [0.1, 0.15) is 12.1 Å². The number of halogens is 1. The van der Waals surface area contributed by atoms with Gasteiger partial charge in [-0.15, -0.1) is 0 Å². The van der Waals surface area contributed by atoms with Crippen LogP contribution in [-0.2, 0) is 11.3 Å². The van der Waals surface area contributed by atoms with Gasteiger partial charge in [0.05, 0.1) is 0 Å². The molecular weight excluding hydrogens is 334 g/mol. The SMILES string of the molecule is O=C(Cn1ccccc1=O)NNC(=O)c1cc2cc(Cl)ccc2o1. The molecule has 2 aromatic heterocycles. The Hall–Kier alpha value is -3.06. The summed E-state index contributed by atoms with van der Waals surface area (Å²) in [5.41, 5.74) is 4.66. The molecule has 2 heterocycles. The molecule has 0 saturated heterocycles. The van der Waals surface area contributed by atoms with Crippen molar-refractivity contribution < 1.29 is 14.0 Å². The average molecular weight is 346 g/mol. The molecule has 0 aliphatic heterocycles. The monoisotopic (exact) mass is 345 g/mol. The maximum atomic E-state index is 12.0. The number of fused-ring (bicyclic) bond motifs is 1. The normalized spacial score (nSPS) is 10.5. The van der Waals surface area contributed by atoms with Crippen LogP contribution in [0.4, 0.5) is 0 Å². The molecule has 0 atom stereocenters. The maximum absolute atomic E-state index is 12.0.